The number of hydrogen-bond acceptors (Lipinski definition) is 3. The lowest BCUT2D eigenvalue weighted by atomic mass is 10.1. The Kier molecular flexibility index (Phi) is 6.12. The van der Waals surface area contributed by atoms with Crippen LogP contribution >= 0.6 is 0 Å². The molecule has 1 N–H and O–H groups in total. The quantitative estimate of drug-likeness (QED) is 0.878. The summed E-state index contributed by atoms with van der Waals surface area (Å²) < 4.78 is 5.39. The van der Waals surface area contributed by atoms with E-state index in [-0.39, 0.29) is 12.1 Å². The summed E-state index contributed by atoms with van der Waals surface area (Å²) in [6.07, 6.45) is 3.64. The first-order valence-corrected chi connectivity index (χ1v) is 9.05. The molecule has 2 aromatic rings. The van der Waals surface area contributed by atoms with Crippen LogP contribution in [0.4, 0.5) is 4.79 Å². The zero-order valence-electron chi connectivity index (χ0n) is 14.9. The smallest absolute Gasteiger partial charge is 0.317 e. The zero-order valence-corrected chi connectivity index (χ0v) is 14.9. The summed E-state index contributed by atoms with van der Waals surface area (Å²) in [5.74, 6) is 0.979. The maximum Gasteiger partial charge on any atom is 0.317 e. The van der Waals surface area contributed by atoms with Gasteiger partial charge < -0.3 is 14.6 Å². The van der Waals surface area contributed by atoms with E-state index >= 15 is 0 Å². The van der Waals surface area contributed by atoms with E-state index in [1.54, 1.807) is 6.26 Å². The van der Waals surface area contributed by atoms with Gasteiger partial charge in [0.2, 0.25) is 0 Å². The molecule has 0 spiro atoms. The molecular weight excluding hydrogens is 314 g/mol. The van der Waals surface area contributed by atoms with Gasteiger partial charge in [0.15, 0.2) is 0 Å². The van der Waals surface area contributed by atoms with Gasteiger partial charge in [0.05, 0.1) is 12.8 Å². The van der Waals surface area contributed by atoms with Crippen molar-refractivity contribution in [1.29, 1.82) is 0 Å². The molecule has 1 unspecified atom stereocenters. The Balaban J connectivity index is 1.37. The second kappa shape index (κ2) is 8.72. The molecule has 1 aromatic heterocycles. The van der Waals surface area contributed by atoms with Gasteiger partial charge in [-0.3, -0.25) is 4.90 Å². The molecule has 1 saturated heterocycles. The molecule has 0 radical (unpaired) electrons. The minimum absolute atomic E-state index is 0.0539. The van der Waals surface area contributed by atoms with Crippen LogP contribution in [0.2, 0.25) is 0 Å². The van der Waals surface area contributed by atoms with Crippen LogP contribution in [0.5, 0.6) is 0 Å². The Morgan fingerprint density at radius 2 is 1.88 bits per heavy atom. The van der Waals surface area contributed by atoms with Gasteiger partial charge in [-0.1, -0.05) is 30.3 Å². The van der Waals surface area contributed by atoms with Crippen LogP contribution in [0.3, 0.4) is 0 Å². The first-order valence-electron chi connectivity index (χ1n) is 9.05. The van der Waals surface area contributed by atoms with Gasteiger partial charge in [-0.15, -0.1) is 0 Å². The second-order valence-corrected chi connectivity index (χ2v) is 6.72. The highest BCUT2D eigenvalue weighted by atomic mass is 16.3. The number of amides is 2. The predicted molar refractivity (Wildman–Crippen MR) is 98.3 cm³/mol. The van der Waals surface area contributed by atoms with E-state index in [9.17, 15) is 4.79 Å². The zero-order chi connectivity index (χ0) is 17.5. The highest BCUT2D eigenvalue weighted by molar-refractivity contribution is 5.74. The van der Waals surface area contributed by atoms with Crippen LogP contribution in [0, 0.1) is 0 Å². The average Bonchev–Trinajstić information content (AvgIpc) is 3.14. The summed E-state index contributed by atoms with van der Waals surface area (Å²) in [4.78, 5) is 16.7. The Bertz CT molecular complexity index is 634. The molecule has 5 heteroatoms. The predicted octanol–water partition coefficient (Wildman–Crippen LogP) is 3.13. The topological polar surface area (TPSA) is 48.7 Å². The molecule has 0 aliphatic carbocycles. The summed E-state index contributed by atoms with van der Waals surface area (Å²) in [7, 11) is 0. The summed E-state index contributed by atoms with van der Waals surface area (Å²) in [5, 5.41) is 3.13. The van der Waals surface area contributed by atoms with E-state index < -0.39 is 0 Å². The summed E-state index contributed by atoms with van der Waals surface area (Å²) in [6, 6.07) is 14.5. The third-order valence-electron chi connectivity index (χ3n) is 4.70. The van der Waals surface area contributed by atoms with Crippen LogP contribution in [-0.2, 0) is 13.0 Å². The van der Waals surface area contributed by atoms with Gasteiger partial charge in [0, 0.05) is 32.2 Å². The summed E-state index contributed by atoms with van der Waals surface area (Å²) >= 11 is 0. The first kappa shape index (κ1) is 17.5. The molecule has 1 aliphatic rings. The van der Waals surface area contributed by atoms with Gasteiger partial charge in [-0.25, -0.2) is 4.79 Å². The van der Waals surface area contributed by atoms with Gasteiger partial charge in [-0.2, -0.15) is 0 Å². The maximum absolute atomic E-state index is 12.4. The fourth-order valence-corrected chi connectivity index (χ4v) is 3.13. The highest BCUT2D eigenvalue weighted by Gasteiger charge is 2.22. The fraction of sp³-hybridized carbons (Fsp3) is 0.450. The van der Waals surface area contributed by atoms with E-state index in [4.69, 9.17) is 4.42 Å². The van der Waals surface area contributed by atoms with E-state index in [0.29, 0.717) is 0 Å². The van der Waals surface area contributed by atoms with Crippen LogP contribution in [0.1, 0.15) is 24.7 Å². The molecule has 2 amide bonds. The van der Waals surface area contributed by atoms with Gasteiger partial charge in [0.1, 0.15) is 5.76 Å². The standard InChI is InChI=1S/C20H27N3O2/c1-17(9-10-18-6-3-2-4-7-18)21-20(24)23-13-11-22(12-14-23)16-19-8-5-15-25-19/h2-8,15,17H,9-14,16H2,1H3,(H,21,24). The molecule has 1 aromatic carbocycles. The second-order valence-electron chi connectivity index (χ2n) is 6.72. The Hall–Kier alpha value is -2.27. The van der Waals surface area contributed by atoms with Crippen molar-refractivity contribution in [3.63, 3.8) is 0 Å². The van der Waals surface area contributed by atoms with Crippen molar-refractivity contribution in [2.45, 2.75) is 32.4 Å². The first-order chi connectivity index (χ1) is 12.2. The van der Waals surface area contributed by atoms with Crippen LogP contribution in [0.25, 0.3) is 0 Å². The third-order valence-corrected chi connectivity index (χ3v) is 4.70. The molecule has 5 nitrogen and oxygen atoms in total. The molecular formula is C20H27N3O2. The van der Waals surface area contributed by atoms with Crippen LogP contribution < -0.4 is 5.32 Å². The number of nitrogens with zero attached hydrogens (tertiary/aromatic N) is 2. The van der Waals surface area contributed by atoms with Gasteiger partial charge in [0.25, 0.3) is 0 Å². The molecule has 0 saturated carbocycles. The molecule has 25 heavy (non-hydrogen) atoms. The number of nitrogens with one attached hydrogen (secondary N) is 1. The Labute approximate surface area is 149 Å². The minimum atomic E-state index is 0.0539. The Morgan fingerprint density at radius 3 is 2.56 bits per heavy atom. The van der Waals surface area contributed by atoms with Crippen molar-refractivity contribution in [2.75, 3.05) is 26.2 Å². The van der Waals surface area contributed by atoms with Crippen molar-refractivity contribution < 1.29 is 9.21 Å². The molecule has 1 fully saturated rings. The van der Waals surface area contributed by atoms with Gasteiger partial charge in [-0.05, 0) is 37.5 Å². The number of furan rings is 1. The number of aryl methyl sites for hydroxylation is 1. The van der Waals surface area contributed by atoms with Gasteiger partial charge >= 0.3 is 6.03 Å². The number of urea groups is 1. The molecule has 1 aliphatic heterocycles. The van der Waals surface area contributed by atoms with Crippen molar-refractivity contribution in [3.05, 3.63) is 60.1 Å². The largest absolute Gasteiger partial charge is 0.468 e. The molecule has 0 bridgehead atoms. The van der Waals surface area contributed by atoms with E-state index in [1.165, 1.54) is 5.56 Å². The monoisotopic (exact) mass is 341 g/mol. The lowest BCUT2D eigenvalue weighted by Crippen LogP contribution is -2.52. The highest BCUT2D eigenvalue weighted by Crippen LogP contribution is 2.10. The van der Waals surface area contributed by atoms with Crippen molar-refractivity contribution >= 4 is 6.03 Å². The number of benzene rings is 1. The van der Waals surface area contributed by atoms with Crippen LogP contribution in [0.15, 0.2) is 53.1 Å². The number of piperazine rings is 1. The lowest BCUT2D eigenvalue weighted by Gasteiger charge is -2.34. The molecule has 1 atom stereocenters. The number of carbonyl (C=O) groups is 1. The molecule has 134 valence electrons. The van der Waals surface area contributed by atoms with E-state index in [1.807, 2.05) is 23.1 Å². The lowest BCUT2D eigenvalue weighted by molar-refractivity contribution is 0.128. The Morgan fingerprint density at radius 1 is 1.12 bits per heavy atom. The van der Waals surface area contributed by atoms with Crippen LogP contribution in [-0.4, -0.2) is 48.1 Å². The maximum atomic E-state index is 12.4. The number of rotatable bonds is 6. The van der Waals surface area contributed by atoms with Crippen molar-refractivity contribution in [2.24, 2.45) is 0 Å². The minimum Gasteiger partial charge on any atom is -0.468 e. The average molecular weight is 341 g/mol. The molecule has 3 rings (SSSR count). The normalized spacial score (nSPS) is 16.6. The fourth-order valence-electron chi connectivity index (χ4n) is 3.13. The van der Waals surface area contributed by atoms with E-state index in [2.05, 4.69) is 41.4 Å². The summed E-state index contributed by atoms with van der Waals surface area (Å²) in [6.45, 7) is 6.18. The SMILES string of the molecule is CC(CCc1ccccc1)NC(=O)N1CCN(Cc2ccco2)CC1. The van der Waals surface area contributed by atoms with Crippen molar-refractivity contribution in [1.82, 2.24) is 15.1 Å². The van der Waals surface area contributed by atoms with E-state index in [0.717, 1.165) is 51.3 Å². The summed E-state index contributed by atoms with van der Waals surface area (Å²) in [5.41, 5.74) is 1.31. The number of hydrogen-bond donors (Lipinski definition) is 1. The number of carbonyl (C=O) groups excluding carboxylic acids is 1. The van der Waals surface area contributed by atoms with Crippen molar-refractivity contribution in [3.8, 4) is 0 Å². The molecule has 2 heterocycles. The third kappa shape index (κ3) is 5.36.